The van der Waals surface area contributed by atoms with Crippen molar-refractivity contribution >= 4 is 17.3 Å². The van der Waals surface area contributed by atoms with Crippen molar-refractivity contribution < 1.29 is 14.1 Å². The quantitative estimate of drug-likeness (QED) is 0.757. The van der Waals surface area contributed by atoms with Gasteiger partial charge in [-0.2, -0.15) is 4.98 Å². The number of rotatable bonds is 4. The molecule has 2 aromatic heterocycles. The molecule has 2 aromatic rings. The van der Waals surface area contributed by atoms with Crippen LogP contribution in [0.25, 0.3) is 0 Å². The van der Waals surface area contributed by atoms with E-state index in [0.717, 1.165) is 17.0 Å². The fourth-order valence-corrected chi connectivity index (χ4v) is 2.05. The first-order valence-corrected chi connectivity index (χ1v) is 6.04. The maximum absolute atomic E-state index is 11.5. The molecule has 0 amide bonds. The first-order valence-electron chi connectivity index (χ1n) is 5.16. The number of hydrogen-bond donors (Lipinski definition) is 0. The summed E-state index contributed by atoms with van der Waals surface area (Å²) < 4.78 is 11.1. The van der Waals surface area contributed by atoms with Gasteiger partial charge in [-0.25, -0.2) is 0 Å². The molecule has 2 rings (SSSR count). The summed E-state index contributed by atoms with van der Waals surface area (Å²) in [5, 5.41) is 5.26. The van der Waals surface area contributed by atoms with Crippen LogP contribution in [0, 0.1) is 13.8 Å². The smallest absolute Gasteiger partial charge is 0.326 e. The Balaban J connectivity index is 1.92. The van der Waals surface area contributed by atoms with Gasteiger partial charge in [0.15, 0.2) is 12.4 Å². The Morgan fingerprint density at radius 1 is 1.56 bits per heavy atom. The van der Waals surface area contributed by atoms with Gasteiger partial charge in [-0.1, -0.05) is 16.5 Å². The van der Waals surface area contributed by atoms with Crippen molar-refractivity contribution in [3.8, 4) is 0 Å². The van der Waals surface area contributed by atoms with Crippen LogP contribution in [0.5, 0.6) is 0 Å². The predicted octanol–water partition coefficient (Wildman–Crippen LogP) is 0.653. The van der Waals surface area contributed by atoms with Crippen LogP contribution in [0.3, 0.4) is 0 Å². The monoisotopic (exact) mass is 269 g/mol. The predicted molar refractivity (Wildman–Crippen MR) is 62.1 cm³/mol. The number of ether oxygens (including phenoxy) is 1. The molecule has 0 bridgehead atoms. The molecule has 0 aromatic carbocycles. The number of aromatic nitrogens is 3. The summed E-state index contributed by atoms with van der Waals surface area (Å²) in [6.07, 6.45) is 0. The highest BCUT2D eigenvalue weighted by Gasteiger charge is 2.11. The summed E-state index contributed by atoms with van der Waals surface area (Å²) in [6.45, 7) is 3.23. The van der Waals surface area contributed by atoms with E-state index in [0.29, 0.717) is 5.82 Å². The zero-order valence-electron chi connectivity index (χ0n) is 9.87. The van der Waals surface area contributed by atoms with E-state index in [1.807, 2.05) is 0 Å². The van der Waals surface area contributed by atoms with Gasteiger partial charge in [0.25, 0.3) is 5.89 Å². The van der Waals surface area contributed by atoms with Crippen molar-refractivity contribution in [2.24, 2.45) is 0 Å². The normalized spacial score (nSPS) is 10.6. The number of esters is 1. The molecule has 0 radical (unpaired) electrons. The van der Waals surface area contributed by atoms with Crippen molar-refractivity contribution in [1.29, 1.82) is 0 Å². The van der Waals surface area contributed by atoms with Gasteiger partial charge in [-0.3, -0.25) is 14.2 Å². The molecule has 8 heteroatoms. The van der Waals surface area contributed by atoms with Crippen molar-refractivity contribution in [2.75, 3.05) is 0 Å². The van der Waals surface area contributed by atoms with E-state index in [1.165, 1.54) is 4.57 Å². The van der Waals surface area contributed by atoms with E-state index in [2.05, 4.69) is 10.1 Å². The number of carbonyl (C=O) groups is 1. The summed E-state index contributed by atoms with van der Waals surface area (Å²) in [5.41, 5.74) is 0.732. The molecule has 7 nitrogen and oxygen atoms in total. The van der Waals surface area contributed by atoms with E-state index < -0.39 is 5.97 Å². The summed E-state index contributed by atoms with van der Waals surface area (Å²) in [7, 11) is 0. The molecule has 96 valence electrons. The van der Waals surface area contributed by atoms with Gasteiger partial charge in [0.05, 0.1) is 0 Å². The number of hydrogen-bond acceptors (Lipinski definition) is 7. The highest BCUT2D eigenvalue weighted by Crippen LogP contribution is 2.02. The zero-order valence-corrected chi connectivity index (χ0v) is 10.7. The van der Waals surface area contributed by atoms with Crippen molar-refractivity contribution in [1.82, 2.24) is 14.7 Å². The van der Waals surface area contributed by atoms with Gasteiger partial charge in [-0.15, -0.1) is 0 Å². The van der Waals surface area contributed by atoms with Crippen LogP contribution in [0.1, 0.15) is 17.4 Å². The number of thiazole rings is 1. The molecule has 0 N–H and O–H groups in total. The van der Waals surface area contributed by atoms with Gasteiger partial charge in [-0.05, 0) is 13.8 Å². The average molecular weight is 269 g/mol. The Morgan fingerprint density at radius 3 is 2.89 bits per heavy atom. The van der Waals surface area contributed by atoms with Crippen LogP contribution in [0.4, 0.5) is 0 Å². The second-order valence-electron chi connectivity index (χ2n) is 3.63. The fourth-order valence-electron chi connectivity index (χ4n) is 1.31. The largest absolute Gasteiger partial charge is 0.454 e. The van der Waals surface area contributed by atoms with Crippen LogP contribution in [-0.2, 0) is 22.7 Å². The molecule has 0 aliphatic carbocycles. The van der Waals surface area contributed by atoms with Crippen molar-refractivity contribution in [2.45, 2.75) is 27.0 Å². The molecule has 0 unspecified atom stereocenters. The highest BCUT2D eigenvalue weighted by molar-refractivity contribution is 7.07. The third-order valence-corrected chi connectivity index (χ3v) is 3.07. The highest BCUT2D eigenvalue weighted by atomic mass is 32.1. The van der Waals surface area contributed by atoms with Gasteiger partial charge in [0.1, 0.15) is 6.54 Å². The third-order valence-electron chi connectivity index (χ3n) is 2.19. The fraction of sp³-hybridized carbons (Fsp3) is 0.400. The lowest BCUT2D eigenvalue weighted by molar-refractivity contribution is -0.146. The summed E-state index contributed by atoms with van der Waals surface area (Å²) in [6, 6.07) is 0. The molecule has 0 aliphatic rings. The van der Waals surface area contributed by atoms with Crippen LogP contribution < -0.4 is 4.87 Å². The molecule has 0 saturated carbocycles. The second kappa shape index (κ2) is 5.13. The molecular formula is C10H11N3O4S. The number of nitrogens with zero attached hydrogens (tertiary/aromatic N) is 3. The standard InChI is InChI=1S/C10H11N3O4S/c1-6-5-18-10(15)13(6)3-9(14)16-4-8-11-7(2)12-17-8/h5H,3-4H2,1-2H3. The first-order chi connectivity index (χ1) is 8.56. The molecule has 0 fully saturated rings. The van der Waals surface area contributed by atoms with Crippen molar-refractivity contribution in [3.05, 3.63) is 32.5 Å². The molecule has 0 atom stereocenters. The molecule has 18 heavy (non-hydrogen) atoms. The number of aryl methyl sites for hydroxylation is 2. The second-order valence-corrected chi connectivity index (χ2v) is 4.45. The van der Waals surface area contributed by atoms with Crippen LogP contribution in [0.15, 0.2) is 14.7 Å². The Morgan fingerprint density at radius 2 is 2.33 bits per heavy atom. The lowest BCUT2D eigenvalue weighted by Crippen LogP contribution is -2.22. The minimum absolute atomic E-state index is 0.0857. The molecular weight excluding hydrogens is 258 g/mol. The summed E-state index contributed by atoms with van der Waals surface area (Å²) >= 11 is 1.05. The Labute approximate surface area is 106 Å². The Kier molecular flexibility index (Phi) is 3.56. The summed E-state index contributed by atoms with van der Waals surface area (Å²) in [4.78, 5) is 26.6. The van der Waals surface area contributed by atoms with E-state index >= 15 is 0 Å². The van der Waals surface area contributed by atoms with Crippen LogP contribution >= 0.6 is 11.3 Å². The van der Waals surface area contributed by atoms with Gasteiger partial charge in [0, 0.05) is 11.1 Å². The molecule has 0 spiro atoms. The molecule has 0 saturated heterocycles. The lowest BCUT2D eigenvalue weighted by atomic mass is 10.5. The van der Waals surface area contributed by atoms with Gasteiger partial charge < -0.3 is 9.26 Å². The van der Waals surface area contributed by atoms with E-state index in [1.54, 1.807) is 19.2 Å². The maximum atomic E-state index is 11.5. The average Bonchev–Trinajstić information content (AvgIpc) is 2.87. The Bertz CT molecular complexity index is 613. The van der Waals surface area contributed by atoms with Crippen molar-refractivity contribution in [3.63, 3.8) is 0 Å². The lowest BCUT2D eigenvalue weighted by Gasteiger charge is -2.03. The van der Waals surface area contributed by atoms with Crippen LogP contribution in [-0.4, -0.2) is 20.7 Å². The topological polar surface area (TPSA) is 87.2 Å². The van der Waals surface area contributed by atoms with Gasteiger partial charge in [0.2, 0.25) is 0 Å². The maximum Gasteiger partial charge on any atom is 0.326 e. The zero-order chi connectivity index (χ0) is 13.1. The SMILES string of the molecule is Cc1noc(COC(=O)Cn2c(C)csc2=O)n1. The van der Waals surface area contributed by atoms with Crippen LogP contribution in [0.2, 0.25) is 0 Å². The molecule has 0 aliphatic heterocycles. The number of carbonyl (C=O) groups excluding carboxylic acids is 1. The molecule has 2 heterocycles. The van der Waals surface area contributed by atoms with E-state index in [4.69, 9.17) is 9.26 Å². The van der Waals surface area contributed by atoms with E-state index in [9.17, 15) is 9.59 Å². The minimum Gasteiger partial charge on any atom is -0.454 e. The Hall–Kier alpha value is -1.96. The van der Waals surface area contributed by atoms with Gasteiger partial charge >= 0.3 is 10.8 Å². The van der Waals surface area contributed by atoms with E-state index in [-0.39, 0.29) is 23.9 Å². The first kappa shape index (κ1) is 12.5. The third kappa shape index (κ3) is 2.83. The summed E-state index contributed by atoms with van der Waals surface area (Å²) in [5.74, 6) is 0.190. The minimum atomic E-state index is -0.519.